The minimum atomic E-state index is 0. The number of benzene rings is 12. The molecular weight excluding hydrogens is 1610 g/mol. The molecule has 13 heteroatoms. The van der Waals surface area contributed by atoms with E-state index in [0.717, 1.165) is 78.6 Å². The van der Waals surface area contributed by atoms with Crippen LogP contribution >= 0.6 is 11.3 Å². The van der Waals surface area contributed by atoms with Crippen LogP contribution in [0.2, 0.25) is 0 Å². The quantitative estimate of drug-likeness (QED) is 0.0692. The van der Waals surface area contributed by atoms with Gasteiger partial charge in [0.2, 0.25) is 0 Å². The third kappa shape index (κ3) is 18.5. The fraction of sp³-hybridized carbons (Fsp3) is 0.0568. The van der Waals surface area contributed by atoms with Gasteiger partial charge in [0, 0.05) is 122 Å². The first-order chi connectivity index (χ1) is 47.7. The topological polar surface area (TPSA) is 78.4 Å². The van der Waals surface area contributed by atoms with Gasteiger partial charge in [0.05, 0.1) is 30.0 Å². The van der Waals surface area contributed by atoms with Crippen LogP contribution in [0.25, 0.3) is 128 Å². The van der Waals surface area contributed by atoms with Crippen molar-refractivity contribution in [1.29, 1.82) is 0 Å². The molecule has 4 aromatic heterocycles. The van der Waals surface area contributed by atoms with Crippen molar-refractivity contribution in [1.82, 2.24) is 29.3 Å². The monoisotopic (exact) mass is 1680 g/mol. The summed E-state index contributed by atoms with van der Waals surface area (Å²) in [6.07, 6.45) is 1.89. The predicted octanol–water partition coefficient (Wildman–Crippen LogP) is 21.4. The van der Waals surface area contributed by atoms with Gasteiger partial charge in [-0.25, -0.2) is 0 Å². The molecule has 506 valence electrons. The molecule has 8 nitrogen and oxygen atoms in total. The van der Waals surface area contributed by atoms with Crippen molar-refractivity contribution in [3.8, 4) is 128 Å². The summed E-state index contributed by atoms with van der Waals surface area (Å²) in [5, 5.41) is 5.51. The molecule has 0 bridgehead atoms. The maximum Gasteiger partial charge on any atom is 0.159 e. The minimum Gasteiger partial charge on any atom is -0.481 e. The number of hydrogen-bond donors (Lipinski definition) is 0. The van der Waals surface area contributed by atoms with Gasteiger partial charge in [0.25, 0.3) is 0 Å². The van der Waals surface area contributed by atoms with Gasteiger partial charge in [-0.1, -0.05) is 230 Å². The number of nitrogens with zero attached hydrogens (tertiary/aromatic N) is 7. The molecule has 0 amide bonds. The van der Waals surface area contributed by atoms with Crippen molar-refractivity contribution in [3.05, 3.63) is 363 Å². The molecule has 16 rings (SSSR count). The fourth-order valence-electron chi connectivity index (χ4n) is 11.6. The van der Waals surface area contributed by atoms with Crippen LogP contribution in [-0.2, 0) is 92.0 Å². The van der Waals surface area contributed by atoms with Crippen molar-refractivity contribution < 1.29 is 87.1 Å². The summed E-state index contributed by atoms with van der Waals surface area (Å²) >= 11 is 1.73. The Morgan fingerprint density at radius 3 is 1.18 bits per heavy atom. The van der Waals surface area contributed by atoms with E-state index in [2.05, 4.69) is 248 Å². The van der Waals surface area contributed by atoms with Gasteiger partial charge in [-0.3, -0.25) is 15.0 Å². The molecule has 0 unspecified atom stereocenters. The van der Waals surface area contributed by atoms with E-state index in [0.29, 0.717) is 5.89 Å². The van der Waals surface area contributed by atoms with Crippen LogP contribution in [0.4, 0.5) is 0 Å². The smallest absolute Gasteiger partial charge is 0.159 e. The van der Waals surface area contributed by atoms with E-state index >= 15 is 0 Å². The molecule has 0 aliphatic heterocycles. The Hall–Kier alpha value is -9.68. The molecule has 0 atom stereocenters. The van der Waals surface area contributed by atoms with Crippen molar-refractivity contribution in [2.75, 3.05) is 0 Å². The summed E-state index contributed by atoms with van der Waals surface area (Å²) in [4.78, 5) is 17.1. The van der Waals surface area contributed by atoms with Gasteiger partial charge in [0.15, 0.2) is 5.69 Å². The van der Waals surface area contributed by atoms with Crippen molar-refractivity contribution in [3.63, 3.8) is 0 Å². The summed E-state index contributed by atoms with van der Waals surface area (Å²) in [5.41, 5.74) is 23.4. The van der Waals surface area contributed by atoms with Crippen LogP contribution in [0.5, 0.6) is 0 Å². The number of hydrogen-bond acceptors (Lipinski definition) is 6. The number of aromatic nitrogens is 7. The first-order valence-electron chi connectivity index (χ1n) is 32.1. The number of oxazole rings is 1. The summed E-state index contributed by atoms with van der Waals surface area (Å²) in [6, 6.07) is 120. The van der Waals surface area contributed by atoms with E-state index in [1.807, 2.05) is 157 Å². The zero-order chi connectivity index (χ0) is 66.3. The zero-order valence-electron chi connectivity index (χ0n) is 55.9. The molecule has 4 heterocycles. The Balaban J connectivity index is 0.000000155. The van der Waals surface area contributed by atoms with Gasteiger partial charge in [-0.15, -0.1) is 113 Å². The average Bonchev–Trinajstić information content (AvgIpc) is 1.69. The average molecular weight is 1680 g/mol. The second-order valence-electron chi connectivity index (χ2n) is 23.1. The molecule has 12 aromatic carbocycles. The van der Waals surface area contributed by atoms with Gasteiger partial charge in [-0.05, 0) is 76.4 Å². The standard InChI is InChI=1S/C23H19N2.C22H16NO.C22H16NS.C21H17N3.4Rh/c1-17-22(25(2)23(24-17)21-11-7-4-8-12-21)20-15-13-19(14-16-20)18-9-5-3-6-10-18;2*1-16-21(24-22(23-16)20-10-6-3-7-11-20)19-14-12-18(13-15-19)17-8-4-2-5-9-17;1-23-21(16-22-24(23)20-10-6-3-7-11-20)19-14-12-18(13-15-19)17-8-4-2-5-9-17;;;;/h3-11,13-16H,1-2H3;2*2-10,12-15H,1H3;2-10,12-16H,1H3;;;;/q3*-1;;;;;. The van der Waals surface area contributed by atoms with Gasteiger partial charge in [-0.2, -0.15) is 29.5 Å². The van der Waals surface area contributed by atoms with Crippen molar-refractivity contribution in [2.45, 2.75) is 20.8 Å². The molecule has 101 heavy (non-hydrogen) atoms. The molecule has 0 saturated carbocycles. The molecule has 0 fully saturated rings. The van der Waals surface area contributed by atoms with E-state index in [9.17, 15) is 0 Å². The Morgan fingerprint density at radius 1 is 0.347 bits per heavy atom. The maximum atomic E-state index is 5.99. The van der Waals surface area contributed by atoms with Crippen LogP contribution in [0, 0.1) is 45.0 Å². The number of rotatable bonds is 12. The molecule has 0 N–H and O–H groups in total. The van der Waals surface area contributed by atoms with E-state index in [1.165, 1.54) is 60.5 Å². The van der Waals surface area contributed by atoms with Gasteiger partial charge >= 0.3 is 0 Å². The van der Waals surface area contributed by atoms with Gasteiger partial charge < -0.3 is 8.98 Å². The molecule has 0 spiro atoms. The van der Waals surface area contributed by atoms with Crippen LogP contribution < -0.4 is 4.80 Å². The van der Waals surface area contributed by atoms with Crippen molar-refractivity contribution >= 4 is 11.3 Å². The van der Waals surface area contributed by atoms with E-state index in [1.54, 1.807) is 11.3 Å². The van der Waals surface area contributed by atoms with E-state index in [4.69, 9.17) is 14.4 Å². The summed E-state index contributed by atoms with van der Waals surface area (Å²) < 4.78 is 10.2. The Morgan fingerprint density at radius 2 is 0.733 bits per heavy atom. The van der Waals surface area contributed by atoms with E-state index in [-0.39, 0.29) is 77.9 Å². The number of imidazole rings is 1. The molecule has 0 saturated heterocycles. The summed E-state index contributed by atoms with van der Waals surface area (Å²) in [5.74, 6) is 2.36. The molecular formula is C88H68N7ORh4S-3. The molecule has 0 aliphatic carbocycles. The summed E-state index contributed by atoms with van der Waals surface area (Å²) in [7, 11) is 4.07. The Kier molecular flexibility index (Phi) is 27.4. The van der Waals surface area contributed by atoms with Crippen LogP contribution in [0.1, 0.15) is 17.1 Å². The molecule has 16 aromatic rings. The Bertz CT molecular complexity index is 4870. The minimum absolute atomic E-state index is 0. The third-order valence-electron chi connectivity index (χ3n) is 16.6. The Labute approximate surface area is 647 Å². The van der Waals surface area contributed by atoms with Crippen LogP contribution in [-0.4, -0.2) is 29.3 Å². The second-order valence-corrected chi connectivity index (χ2v) is 24.1. The van der Waals surface area contributed by atoms with Crippen LogP contribution in [0.3, 0.4) is 0 Å². The predicted molar refractivity (Wildman–Crippen MR) is 396 cm³/mol. The van der Waals surface area contributed by atoms with E-state index < -0.39 is 0 Å². The second kappa shape index (κ2) is 36.6. The number of para-hydroxylation sites is 1. The largest absolute Gasteiger partial charge is 0.481 e. The fourth-order valence-corrected chi connectivity index (χ4v) is 12.7. The first kappa shape index (κ1) is 75.5. The third-order valence-corrected chi connectivity index (χ3v) is 17.8. The van der Waals surface area contributed by atoms with Crippen LogP contribution in [0.15, 0.2) is 326 Å². The summed E-state index contributed by atoms with van der Waals surface area (Å²) in [6.45, 7) is 6.10. The normalized spacial score (nSPS) is 10.3. The number of thiazole rings is 1. The zero-order valence-corrected chi connectivity index (χ0v) is 63.3. The first-order valence-corrected chi connectivity index (χ1v) is 32.9. The molecule has 4 radical (unpaired) electrons. The SMILES string of the molecule is Cc1nc(-c2[c-]cccc2)n(C)c1-c1ccc(-c2ccccc2)cc1.Cc1nc(-c2[c-]cccc2)oc1-c1ccc(-c2ccccc2)cc1.Cc1nc(-c2[c-]cccc2)sc1-c1ccc(-c2ccccc2)cc1.Cn1c(-c2ccc(-c3ccccc3)cc2)cn[n+]1-c1[c-]cccc1.[Rh].[Rh].[Rh].[Rh]. The maximum absolute atomic E-state index is 5.99. The molecule has 0 aliphatic rings. The van der Waals surface area contributed by atoms with Gasteiger partial charge in [0.1, 0.15) is 23.5 Å². The number of aryl methyl sites for hydroxylation is 3. The van der Waals surface area contributed by atoms with Crippen molar-refractivity contribution in [2.24, 2.45) is 14.1 Å².